The lowest BCUT2D eigenvalue weighted by Gasteiger charge is -2.15. The van der Waals surface area contributed by atoms with Gasteiger partial charge < -0.3 is 27.3 Å². The number of nitrogen functional groups attached to an aromatic ring is 1. The molecule has 2 atom stereocenters. The van der Waals surface area contributed by atoms with Crippen molar-refractivity contribution in [1.82, 2.24) is 9.97 Å². The van der Waals surface area contributed by atoms with Gasteiger partial charge in [0, 0.05) is 23.3 Å². The van der Waals surface area contributed by atoms with E-state index in [0.717, 1.165) is 30.0 Å². The molecule has 2 aromatic rings. The third-order valence-electron chi connectivity index (χ3n) is 4.06. The molecule has 1 heterocycles. The number of nitrogens with one attached hydrogen (secondary N) is 2. The summed E-state index contributed by atoms with van der Waals surface area (Å²) >= 11 is 0. The zero-order valence-corrected chi connectivity index (χ0v) is 12.7. The van der Waals surface area contributed by atoms with Crippen LogP contribution in [0.4, 0.5) is 11.8 Å². The second kappa shape index (κ2) is 6.21. The van der Waals surface area contributed by atoms with Gasteiger partial charge in [0.15, 0.2) is 0 Å². The molecule has 0 amide bonds. The predicted octanol–water partition coefficient (Wildman–Crippen LogP) is 1.49. The number of aliphatic hydroxyl groups excluding tert-OH is 1. The van der Waals surface area contributed by atoms with E-state index in [0.29, 0.717) is 23.5 Å². The highest BCUT2D eigenvalue weighted by atomic mass is 16.3. The first kappa shape index (κ1) is 15.2. The number of allylic oxidation sites excluding steroid dienone is 1. The van der Waals surface area contributed by atoms with Gasteiger partial charge >= 0.3 is 0 Å². The molecule has 23 heavy (non-hydrogen) atoms. The van der Waals surface area contributed by atoms with Crippen LogP contribution < -0.4 is 16.8 Å². The lowest BCUT2D eigenvalue weighted by Crippen LogP contribution is -2.18. The summed E-state index contributed by atoms with van der Waals surface area (Å²) < 4.78 is 0. The highest BCUT2D eigenvalue weighted by Gasteiger charge is 2.23. The molecule has 0 bridgehead atoms. The van der Waals surface area contributed by atoms with E-state index in [1.54, 1.807) is 0 Å². The van der Waals surface area contributed by atoms with E-state index in [4.69, 9.17) is 16.9 Å². The molecule has 7 N–H and O–H groups in total. The molecule has 2 unspecified atom stereocenters. The summed E-state index contributed by atoms with van der Waals surface area (Å²) in [6, 6.07) is 5.77. The van der Waals surface area contributed by atoms with E-state index < -0.39 is 0 Å². The average molecular weight is 312 g/mol. The van der Waals surface area contributed by atoms with Crippen LogP contribution >= 0.6 is 0 Å². The van der Waals surface area contributed by atoms with Gasteiger partial charge in [0.2, 0.25) is 5.95 Å². The highest BCUT2D eigenvalue weighted by molar-refractivity contribution is 5.93. The number of aromatic nitrogens is 2. The smallest absolute Gasteiger partial charge is 0.222 e. The summed E-state index contributed by atoms with van der Waals surface area (Å²) in [5.41, 5.74) is 13.7. The summed E-state index contributed by atoms with van der Waals surface area (Å²) in [6.45, 7) is 0. The number of benzene rings is 1. The molecule has 1 aliphatic rings. The zero-order valence-electron chi connectivity index (χ0n) is 12.7. The maximum Gasteiger partial charge on any atom is 0.222 e. The Morgan fingerprint density at radius 2 is 2.17 bits per heavy atom. The fourth-order valence-electron chi connectivity index (χ4n) is 2.91. The minimum Gasteiger partial charge on any atom is -0.398 e. The van der Waals surface area contributed by atoms with Crippen molar-refractivity contribution in [3.63, 3.8) is 0 Å². The maximum absolute atomic E-state index is 9.66. The van der Waals surface area contributed by atoms with Gasteiger partial charge in [-0.25, -0.2) is 4.98 Å². The minimum atomic E-state index is -0.254. The van der Waals surface area contributed by atoms with Crippen LogP contribution in [0.15, 0.2) is 24.3 Å². The van der Waals surface area contributed by atoms with Gasteiger partial charge in [0.1, 0.15) is 5.82 Å². The number of anilines is 2. The molecule has 7 nitrogen and oxygen atoms in total. The lowest BCUT2D eigenvalue weighted by atomic mass is 10.1. The molecular formula is C16H20N6O. The molecule has 120 valence electrons. The molecule has 0 aliphatic heterocycles. The van der Waals surface area contributed by atoms with Gasteiger partial charge in [-0.3, -0.25) is 0 Å². The first-order chi connectivity index (χ1) is 11.1. The predicted molar refractivity (Wildman–Crippen MR) is 92.2 cm³/mol. The number of nitrogens with zero attached hydrogens (tertiary/aromatic N) is 2. The number of nitrogens with two attached hydrogens (primary N) is 2. The molecule has 1 aromatic carbocycles. The zero-order chi connectivity index (χ0) is 16.4. The van der Waals surface area contributed by atoms with Gasteiger partial charge in [0.25, 0.3) is 0 Å². The molecule has 1 fully saturated rings. The standard InChI is InChI=1S/C16H20N6O/c17-6-5-13(18)9-1-4-12-14(7-9)21-16(19)22-15(12)20-10-2-3-11(23)8-10/h1,4-7,10-11,17,23H,2-3,8,18H2,(H3,19,20,21,22)/b13-5-,17-6?. The fraction of sp³-hybridized carbons (Fsp3) is 0.312. The number of hydrogen-bond acceptors (Lipinski definition) is 7. The van der Waals surface area contributed by atoms with Crippen molar-refractivity contribution in [3.8, 4) is 0 Å². The first-order valence-electron chi connectivity index (χ1n) is 7.55. The molecule has 3 rings (SSSR count). The van der Waals surface area contributed by atoms with Crippen LogP contribution in [-0.4, -0.2) is 33.4 Å². The van der Waals surface area contributed by atoms with Crippen LogP contribution in [0, 0.1) is 5.41 Å². The molecule has 0 saturated heterocycles. The summed E-state index contributed by atoms with van der Waals surface area (Å²) in [4.78, 5) is 8.56. The van der Waals surface area contributed by atoms with Crippen molar-refractivity contribution in [2.24, 2.45) is 5.73 Å². The Morgan fingerprint density at radius 1 is 1.35 bits per heavy atom. The number of fused-ring (bicyclic) bond motifs is 1. The topological polar surface area (TPSA) is 134 Å². The summed E-state index contributed by atoms with van der Waals surface area (Å²) in [5, 5.41) is 21.0. The van der Waals surface area contributed by atoms with E-state index in [9.17, 15) is 5.11 Å². The van der Waals surface area contributed by atoms with Crippen molar-refractivity contribution in [2.45, 2.75) is 31.4 Å². The summed E-state index contributed by atoms with van der Waals surface area (Å²) in [5.74, 6) is 0.859. The van der Waals surface area contributed by atoms with Gasteiger partial charge in [0.05, 0.1) is 11.6 Å². The maximum atomic E-state index is 9.66. The van der Waals surface area contributed by atoms with Crippen LogP contribution in [-0.2, 0) is 0 Å². The molecule has 1 aliphatic carbocycles. The number of hydrogen-bond donors (Lipinski definition) is 5. The van der Waals surface area contributed by atoms with Gasteiger partial charge in [-0.1, -0.05) is 6.07 Å². The molecule has 1 aromatic heterocycles. The van der Waals surface area contributed by atoms with Crippen LogP contribution in [0.3, 0.4) is 0 Å². The monoisotopic (exact) mass is 312 g/mol. The fourth-order valence-corrected chi connectivity index (χ4v) is 2.91. The Balaban J connectivity index is 1.98. The Bertz CT molecular complexity index is 772. The van der Waals surface area contributed by atoms with Gasteiger partial charge in [-0.05, 0) is 43.0 Å². The van der Waals surface area contributed by atoms with Crippen LogP contribution in [0.5, 0.6) is 0 Å². The normalized spacial score (nSPS) is 21.5. The third kappa shape index (κ3) is 3.24. The second-order valence-corrected chi connectivity index (χ2v) is 5.76. The van der Waals surface area contributed by atoms with Crippen LogP contribution in [0.25, 0.3) is 16.6 Å². The van der Waals surface area contributed by atoms with Gasteiger partial charge in [-0.2, -0.15) is 4.98 Å². The van der Waals surface area contributed by atoms with Crippen molar-refractivity contribution in [1.29, 1.82) is 5.41 Å². The minimum absolute atomic E-state index is 0.185. The Morgan fingerprint density at radius 3 is 2.87 bits per heavy atom. The highest BCUT2D eigenvalue weighted by Crippen LogP contribution is 2.28. The largest absolute Gasteiger partial charge is 0.398 e. The number of rotatable bonds is 4. The SMILES string of the molecule is N=C/C=C(\N)c1ccc2c(NC3CCC(O)C3)nc(N)nc2c1. The summed E-state index contributed by atoms with van der Waals surface area (Å²) in [7, 11) is 0. The van der Waals surface area contributed by atoms with Crippen molar-refractivity contribution in [2.75, 3.05) is 11.1 Å². The Kier molecular flexibility index (Phi) is 4.12. The van der Waals surface area contributed by atoms with Crippen molar-refractivity contribution >= 4 is 34.6 Å². The van der Waals surface area contributed by atoms with Crippen molar-refractivity contribution < 1.29 is 5.11 Å². The molecule has 0 radical (unpaired) electrons. The Hall–Kier alpha value is -2.67. The van der Waals surface area contributed by atoms with Gasteiger partial charge in [-0.15, -0.1) is 0 Å². The molecule has 1 saturated carbocycles. The van der Waals surface area contributed by atoms with Crippen LogP contribution in [0.2, 0.25) is 0 Å². The quantitative estimate of drug-likeness (QED) is 0.543. The molecule has 0 spiro atoms. The summed E-state index contributed by atoms with van der Waals surface area (Å²) in [6.07, 6.45) is 4.82. The first-order valence-corrected chi connectivity index (χ1v) is 7.55. The van der Waals surface area contributed by atoms with E-state index >= 15 is 0 Å². The van der Waals surface area contributed by atoms with E-state index in [1.165, 1.54) is 6.08 Å². The van der Waals surface area contributed by atoms with Crippen molar-refractivity contribution in [3.05, 3.63) is 29.8 Å². The number of aliphatic hydroxyl groups is 1. The van der Waals surface area contributed by atoms with E-state index in [2.05, 4.69) is 15.3 Å². The van der Waals surface area contributed by atoms with E-state index in [1.807, 2.05) is 18.2 Å². The average Bonchev–Trinajstić information content (AvgIpc) is 2.92. The molecular weight excluding hydrogens is 292 g/mol. The third-order valence-corrected chi connectivity index (χ3v) is 4.06. The van der Waals surface area contributed by atoms with Crippen LogP contribution in [0.1, 0.15) is 24.8 Å². The second-order valence-electron chi connectivity index (χ2n) is 5.76. The molecule has 7 heteroatoms. The Labute approximate surface area is 133 Å². The lowest BCUT2D eigenvalue weighted by molar-refractivity contribution is 0.182. The van der Waals surface area contributed by atoms with E-state index in [-0.39, 0.29) is 18.1 Å².